The molecule has 0 bridgehead atoms. The molecule has 168 valence electrons. The van der Waals surface area contributed by atoms with E-state index in [1.54, 1.807) is 24.3 Å². The van der Waals surface area contributed by atoms with E-state index in [9.17, 15) is 22.8 Å². The number of hydrogen-bond donors (Lipinski definition) is 2. The van der Waals surface area contributed by atoms with Crippen molar-refractivity contribution >= 4 is 38.3 Å². The fourth-order valence-corrected chi connectivity index (χ4v) is 4.21. The Balaban J connectivity index is 1.90. The van der Waals surface area contributed by atoms with Crippen LogP contribution < -0.4 is 15.6 Å². The fraction of sp³-hybridized carbons (Fsp3) is 0.273. The lowest BCUT2D eigenvalue weighted by Crippen LogP contribution is -2.28. The van der Waals surface area contributed by atoms with Gasteiger partial charge in [0.05, 0.1) is 10.3 Å². The van der Waals surface area contributed by atoms with Gasteiger partial charge in [-0.2, -0.15) is 5.10 Å². The van der Waals surface area contributed by atoms with Crippen molar-refractivity contribution in [2.45, 2.75) is 44.6 Å². The third kappa shape index (κ3) is 5.20. The number of nitrogens with one attached hydrogen (secondary N) is 2. The van der Waals surface area contributed by atoms with Gasteiger partial charge in [-0.1, -0.05) is 38.0 Å². The van der Waals surface area contributed by atoms with Crippen LogP contribution in [0.5, 0.6) is 0 Å². The quantitative estimate of drug-likeness (QED) is 0.502. The van der Waals surface area contributed by atoms with Gasteiger partial charge in [-0.3, -0.25) is 14.4 Å². The predicted molar refractivity (Wildman–Crippen MR) is 121 cm³/mol. The van der Waals surface area contributed by atoms with Gasteiger partial charge in [0.1, 0.15) is 0 Å². The summed E-state index contributed by atoms with van der Waals surface area (Å²) in [6.07, 6.45) is 2.70. The van der Waals surface area contributed by atoms with Gasteiger partial charge in [0, 0.05) is 24.5 Å². The van der Waals surface area contributed by atoms with E-state index >= 15 is 0 Å². The monoisotopic (exact) mass is 456 g/mol. The van der Waals surface area contributed by atoms with Gasteiger partial charge in [0.25, 0.3) is 21.5 Å². The Kier molecular flexibility index (Phi) is 7.04. The fourth-order valence-electron chi connectivity index (χ4n) is 3.22. The number of carbonyl (C=O) groups is 2. The first-order chi connectivity index (χ1) is 15.2. The van der Waals surface area contributed by atoms with Crippen LogP contribution in [-0.4, -0.2) is 30.0 Å². The van der Waals surface area contributed by atoms with Crippen LogP contribution in [0.1, 0.15) is 43.6 Å². The second-order valence-electron chi connectivity index (χ2n) is 7.27. The standard InChI is InChI=1S/C22H24N4O5S/c1-3-4-7-14-26-22(29)19-9-6-5-8-18(19)20(24-26)21(28)23-16-10-12-17(13-11-16)32(30,31)25-15(2)27/h5-6,8-13H,3-4,7,14H2,1-2H3,(H,23,28)(H,25,27). The summed E-state index contributed by atoms with van der Waals surface area (Å²) in [5.74, 6) is -1.22. The lowest BCUT2D eigenvalue weighted by atomic mass is 10.1. The number of unbranched alkanes of at least 4 members (excludes halogenated alkanes) is 2. The number of benzene rings is 2. The van der Waals surface area contributed by atoms with Crippen LogP contribution >= 0.6 is 0 Å². The first-order valence-corrected chi connectivity index (χ1v) is 11.7. The minimum absolute atomic E-state index is 0.103. The molecule has 10 heteroatoms. The van der Waals surface area contributed by atoms with E-state index < -0.39 is 21.8 Å². The van der Waals surface area contributed by atoms with Gasteiger partial charge in [-0.15, -0.1) is 0 Å². The zero-order chi connectivity index (χ0) is 23.3. The lowest BCUT2D eigenvalue weighted by molar-refractivity contribution is -0.117. The van der Waals surface area contributed by atoms with Crippen molar-refractivity contribution in [1.82, 2.24) is 14.5 Å². The second-order valence-corrected chi connectivity index (χ2v) is 8.95. The average Bonchev–Trinajstić information content (AvgIpc) is 2.75. The molecule has 0 aliphatic heterocycles. The van der Waals surface area contributed by atoms with Crippen molar-refractivity contribution in [2.75, 3.05) is 5.32 Å². The summed E-state index contributed by atoms with van der Waals surface area (Å²) < 4.78 is 27.3. The molecule has 0 unspecified atom stereocenters. The van der Waals surface area contributed by atoms with E-state index in [1.807, 2.05) is 4.72 Å². The summed E-state index contributed by atoms with van der Waals surface area (Å²) >= 11 is 0. The van der Waals surface area contributed by atoms with Gasteiger partial charge >= 0.3 is 0 Å². The molecule has 0 fully saturated rings. The molecule has 2 aromatic carbocycles. The molecule has 0 atom stereocenters. The first-order valence-electron chi connectivity index (χ1n) is 10.2. The lowest BCUT2D eigenvalue weighted by Gasteiger charge is -2.12. The maximum atomic E-state index is 13.0. The van der Waals surface area contributed by atoms with Gasteiger partial charge in [0.2, 0.25) is 5.91 Å². The molecule has 2 amide bonds. The van der Waals surface area contributed by atoms with E-state index in [1.165, 1.54) is 28.9 Å². The minimum Gasteiger partial charge on any atom is -0.321 e. The molecule has 0 aliphatic carbocycles. The molecule has 3 rings (SSSR count). The molecule has 1 heterocycles. The highest BCUT2D eigenvalue weighted by atomic mass is 32.2. The number of amides is 2. The Hall–Kier alpha value is -3.53. The third-order valence-corrected chi connectivity index (χ3v) is 6.21. The highest BCUT2D eigenvalue weighted by molar-refractivity contribution is 7.90. The topological polar surface area (TPSA) is 127 Å². The predicted octanol–water partition coefficient (Wildman–Crippen LogP) is 2.66. The molecule has 9 nitrogen and oxygen atoms in total. The van der Waals surface area contributed by atoms with E-state index in [0.717, 1.165) is 26.2 Å². The number of anilines is 1. The number of aryl methyl sites for hydroxylation is 1. The Morgan fingerprint density at radius 3 is 2.28 bits per heavy atom. The Morgan fingerprint density at radius 1 is 1.00 bits per heavy atom. The summed E-state index contributed by atoms with van der Waals surface area (Å²) in [5.41, 5.74) is 0.193. The van der Waals surface area contributed by atoms with Crippen molar-refractivity contribution in [3.05, 3.63) is 64.6 Å². The van der Waals surface area contributed by atoms with E-state index in [0.29, 0.717) is 23.0 Å². The smallest absolute Gasteiger partial charge is 0.276 e. The number of aromatic nitrogens is 2. The summed E-state index contributed by atoms with van der Waals surface area (Å²) in [5, 5.41) is 7.83. The molecule has 2 N–H and O–H groups in total. The molecular weight excluding hydrogens is 432 g/mol. The largest absolute Gasteiger partial charge is 0.321 e. The summed E-state index contributed by atoms with van der Waals surface area (Å²) in [6, 6.07) is 12.2. The third-order valence-electron chi connectivity index (χ3n) is 4.76. The zero-order valence-electron chi connectivity index (χ0n) is 17.8. The summed E-state index contributed by atoms with van der Waals surface area (Å²) in [7, 11) is -3.97. The number of rotatable bonds is 8. The SMILES string of the molecule is CCCCCn1nc(C(=O)Nc2ccc(S(=O)(=O)NC(C)=O)cc2)c2ccccc2c1=O. The van der Waals surface area contributed by atoms with Crippen molar-refractivity contribution in [3.8, 4) is 0 Å². The van der Waals surface area contributed by atoms with Gasteiger partial charge in [0.15, 0.2) is 5.69 Å². The number of carbonyl (C=O) groups excluding carboxylic acids is 2. The highest BCUT2D eigenvalue weighted by Crippen LogP contribution is 2.18. The van der Waals surface area contributed by atoms with Crippen molar-refractivity contribution in [3.63, 3.8) is 0 Å². The van der Waals surface area contributed by atoms with Crippen LogP contribution in [-0.2, 0) is 21.4 Å². The van der Waals surface area contributed by atoms with E-state index in [-0.39, 0.29) is 16.1 Å². The van der Waals surface area contributed by atoms with Crippen molar-refractivity contribution in [1.29, 1.82) is 0 Å². The van der Waals surface area contributed by atoms with Gasteiger partial charge < -0.3 is 5.32 Å². The number of hydrogen-bond acceptors (Lipinski definition) is 6. The van der Waals surface area contributed by atoms with Crippen LogP contribution in [0.3, 0.4) is 0 Å². The molecular formula is C22H24N4O5S. The van der Waals surface area contributed by atoms with Gasteiger partial charge in [-0.05, 0) is 36.8 Å². The maximum Gasteiger partial charge on any atom is 0.276 e. The number of sulfonamides is 1. The molecule has 0 radical (unpaired) electrons. The van der Waals surface area contributed by atoms with Crippen LogP contribution in [0, 0.1) is 0 Å². The van der Waals surface area contributed by atoms with Crippen LogP contribution in [0.2, 0.25) is 0 Å². The van der Waals surface area contributed by atoms with Crippen molar-refractivity contribution in [2.24, 2.45) is 0 Å². The second kappa shape index (κ2) is 9.73. The molecule has 0 saturated carbocycles. The zero-order valence-corrected chi connectivity index (χ0v) is 18.6. The molecule has 3 aromatic rings. The molecule has 32 heavy (non-hydrogen) atoms. The van der Waals surface area contributed by atoms with Crippen molar-refractivity contribution < 1.29 is 18.0 Å². The summed E-state index contributed by atoms with van der Waals surface area (Å²) in [6.45, 7) is 3.57. The average molecular weight is 457 g/mol. The van der Waals surface area contributed by atoms with Crippen LogP contribution in [0.4, 0.5) is 5.69 Å². The van der Waals surface area contributed by atoms with E-state index in [2.05, 4.69) is 17.3 Å². The first kappa shape index (κ1) is 23.1. The molecule has 1 aromatic heterocycles. The molecule has 0 spiro atoms. The molecule has 0 saturated heterocycles. The number of nitrogens with zero attached hydrogens (tertiary/aromatic N) is 2. The molecule has 0 aliphatic rings. The summed E-state index contributed by atoms with van der Waals surface area (Å²) in [4.78, 5) is 36.7. The van der Waals surface area contributed by atoms with Crippen LogP contribution in [0.25, 0.3) is 10.8 Å². The maximum absolute atomic E-state index is 13.0. The normalized spacial score (nSPS) is 11.3. The Morgan fingerprint density at radius 2 is 1.66 bits per heavy atom. The van der Waals surface area contributed by atoms with E-state index in [4.69, 9.17) is 0 Å². The highest BCUT2D eigenvalue weighted by Gasteiger charge is 2.18. The Labute approximate surface area is 185 Å². The van der Waals surface area contributed by atoms with Crippen LogP contribution in [0.15, 0.2) is 58.2 Å². The van der Waals surface area contributed by atoms with Gasteiger partial charge in [-0.25, -0.2) is 17.8 Å². The minimum atomic E-state index is -3.97. The number of fused-ring (bicyclic) bond motifs is 1. The Bertz CT molecular complexity index is 1310.